The Bertz CT molecular complexity index is 972. The third-order valence-corrected chi connectivity index (χ3v) is 6.40. The lowest BCUT2D eigenvalue weighted by atomic mass is 9.96. The van der Waals surface area contributed by atoms with Gasteiger partial charge >= 0.3 is 0 Å². The SMILES string of the molecule is CC1=CCC(C)(S(=O)(=O)n2ccc3cccnc32)C=C1[N+](=O)[O-]. The zero-order valence-corrected chi connectivity index (χ0v) is 13.4. The second-order valence-electron chi connectivity index (χ2n) is 5.72. The van der Waals surface area contributed by atoms with Crippen molar-refractivity contribution in [3.63, 3.8) is 0 Å². The van der Waals surface area contributed by atoms with Gasteiger partial charge in [-0.2, -0.15) is 0 Å². The summed E-state index contributed by atoms with van der Waals surface area (Å²) in [5.74, 6) is 0. The molecule has 1 atom stereocenters. The van der Waals surface area contributed by atoms with E-state index in [0.717, 1.165) is 3.97 Å². The minimum absolute atomic E-state index is 0.172. The molecule has 0 aromatic carbocycles. The molecule has 23 heavy (non-hydrogen) atoms. The Morgan fingerprint density at radius 1 is 1.39 bits per heavy atom. The predicted octanol–water partition coefficient (Wildman–Crippen LogP) is 2.48. The Labute approximate surface area is 133 Å². The molecule has 7 nitrogen and oxygen atoms in total. The van der Waals surface area contributed by atoms with Crippen LogP contribution in [0, 0.1) is 10.1 Å². The Morgan fingerprint density at radius 3 is 2.83 bits per heavy atom. The van der Waals surface area contributed by atoms with Crippen molar-refractivity contribution in [2.45, 2.75) is 25.0 Å². The van der Waals surface area contributed by atoms with E-state index in [2.05, 4.69) is 4.98 Å². The monoisotopic (exact) mass is 333 g/mol. The Hall–Kier alpha value is -2.48. The molecule has 2 heterocycles. The third kappa shape index (κ3) is 2.26. The fourth-order valence-corrected chi connectivity index (χ4v) is 4.26. The summed E-state index contributed by atoms with van der Waals surface area (Å²) in [6.45, 7) is 3.09. The van der Waals surface area contributed by atoms with Crippen LogP contribution < -0.4 is 0 Å². The highest BCUT2D eigenvalue weighted by Crippen LogP contribution is 2.35. The lowest BCUT2D eigenvalue weighted by molar-refractivity contribution is -0.421. The standard InChI is InChI=1S/C15H15N3O4S/c1-11-5-7-15(2,10-13(11)18(19)20)23(21,22)17-9-6-12-4-3-8-16-14(12)17/h3-6,8-10H,7H2,1-2H3. The number of fused-ring (bicyclic) bond motifs is 1. The maximum absolute atomic E-state index is 13.1. The van der Waals surface area contributed by atoms with E-state index in [4.69, 9.17) is 0 Å². The number of hydrogen-bond donors (Lipinski definition) is 0. The van der Waals surface area contributed by atoms with Gasteiger partial charge in [0.15, 0.2) is 5.65 Å². The van der Waals surface area contributed by atoms with Crippen LogP contribution in [0.25, 0.3) is 11.0 Å². The van der Waals surface area contributed by atoms with E-state index in [1.807, 2.05) is 0 Å². The highest BCUT2D eigenvalue weighted by Gasteiger charge is 2.43. The molecule has 120 valence electrons. The van der Waals surface area contributed by atoms with Crippen LogP contribution in [0.2, 0.25) is 0 Å². The van der Waals surface area contributed by atoms with Crippen LogP contribution in [0.5, 0.6) is 0 Å². The van der Waals surface area contributed by atoms with Crippen molar-refractivity contribution >= 4 is 21.1 Å². The molecule has 8 heteroatoms. The molecule has 0 N–H and O–H groups in total. The fraction of sp³-hybridized carbons (Fsp3) is 0.267. The third-order valence-electron chi connectivity index (χ3n) is 4.12. The molecule has 2 aromatic heterocycles. The van der Waals surface area contributed by atoms with E-state index in [9.17, 15) is 18.5 Å². The first-order valence-electron chi connectivity index (χ1n) is 6.98. The van der Waals surface area contributed by atoms with Crippen LogP contribution in [-0.2, 0) is 10.0 Å². The number of pyridine rings is 1. The average molecular weight is 333 g/mol. The first-order valence-corrected chi connectivity index (χ1v) is 8.42. The number of nitro groups is 1. The minimum atomic E-state index is -3.91. The Morgan fingerprint density at radius 2 is 2.13 bits per heavy atom. The second-order valence-corrected chi connectivity index (χ2v) is 8.00. The summed E-state index contributed by atoms with van der Waals surface area (Å²) in [4.78, 5) is 14.7. The van der Waals surface area contributed by atoms with Crippen molar-refractivity contribution in [3.8, 4) is 0 Å². The number of hydrogen-bond acceptors (Lipinski definition) is 5. The highest BCUT2D eigenvalue weighted by molar-refractivity contribution is 7.91. The van der Waals surface area contributed by atoms with Crippen LogP contribution >= 0.6 is 0 Å². The first kappa shape index (κ1) is 15.4. The molecule has 0 bridgehead atoms. The summed E-state index contributed by atoms with van der Waals surface area (Å²) < 4.78 is 25.9. The van der Waals surface area contributed by atoms with E-state index in [-0.39, 0.29) is 12.1 Å². The summed E-state index contributed by atoms with van der Waals surface area (Å²) in [6.07, 6.45) is 5.94. The van der Waals surface area contributed by atoms with Gasteiger partial charge in [0, 0.05) is 29.4 Å². The average Bonchev–Trinajstić information content (AvgIpc) is 2.94. The highest BCUT2D eigenvalue weighted by atomic mass is 32.2. The van der Waals surface area contributed by atoms with Gasteiger partial charge in [-0.1, -0.05) is 6.08 Å². The molecule has 0 saturated heterocycles. The molecule has 0 spiro atoms. The largest absolute Gasteiger partial charge is 0.269 e. The topological polar surface area (TPSA) is 95.1 Å². The van der Waals surface area contributed by atoms with E-state index >= 15 is 0 Å². The predicted molar refractivity (Wildman–Crippen MR) is 85.9 cm³/mol. The van der Waals surface area contributed by atoms with Gasteiger partial charge in [0.2, 0.25) is 10.0 Å². The first-order chi connectivity index (χ1) is 10.8. The zero-order valence-electron chi connectivity index (χ0n) is 12.6. The van der Waals surface area contributed by atoms with Crippen LogP contribution in [0.15, 0.2) is 54.0 Å². The number of aromatic nitrogens is 2. The van der Waals surface area contributed by atoms with Gasteiger partial charge in [-0.15, -0.1) is 0 Å². The van der Waals surface area contributed by atoms with E-state index in [0.29, 0.717) is 16.6 Å². The number of nitrogens with zero attached hydrogens (tertiary/aromatic N) is 3. The molecule has 1 aliphatic rings. The van der Waals surface area contributed by atoms with Crippen molar-refractivity contribution in [3.05, 3.63) is 64.1 Å². The summed E-state index contributed by atoms with van der Waals surface area (Å²) in [5.41, 5.74) is 0.612. The quantitative estimate of drug-likeness (QED) is 0.635. The molecule has 1 aliphatic carbocycles. The molecule has 1 unspecified atom stereocenters. The fourth-order valence-electron chi connectivity index (χ4n) is 2.66. The Balaban J connectivity index is 2.18. The van der Waals surface area contributed by atoms with Crippen molar-refractivity contribution < 1.29 is 13.3 Å². The number of rotatable bonds is 3. The smallest absolute Gasteiger partial charge is 0.258 e. The van der Waals surface area contributed by atoms with Gasteiger partial charge < -0.3 is 0 Å². The molecular weight excluding hydrogens is 318 g/mol. The van der Waals surface area contributed by atoms with Crippen LogP contribution in [0.3, 0.4) is 0 Å². The lowest BCUT2D eigenvalue weighted by Gasteiger charge is -2.27. The van der Waals surface area contributed by atoms with Gasteiger partial charge in [0.25, 0.3) is 5.70 Å². The van der Waals surface area contributed by atoms with Gasteiger partial charge in [0.1, 0.15) is 4.75 Å². The van der Waals surface area contributed by atoms with Crippen LogP contribution in [0.1, 0.15) is 20.3 Å². The molecule has 0 fully saturated rings. The molecule has 3 rings (SSSR count). The zero-order chi connectivity index (χ0) is 16.8. The summed E-state index contributed by atoms with van der Waals surface area (Å²) in [6, 6.07) is 5.14. The molecule has 2 aromatic rings. The molecule has 0 aliphatic heterocycles. The Kier molecular flexibility index (Phi) is 3.36. The summed E-state index contributed by atoms with van der Waals surface area (Å²) in [7, 11) is -3.91. The van der Waals surface area contributed by atoms with Crippen LogP contribution in [-0.4, -0.2) is 27.0 Å². The van der Waals surface area contributed by atoms with E-state index in [1.54, 1.807) is 31.2 Å². The summed E-state index contributed by atoms with van der Waals surface area (Å²) in [5, 5.41) is 11.9. The van der Waals surface area contributed by atoms with Crippen LogP contribution in [0.4, 0.5) is 0 Å². The van der Waals surface area contributed by atoms with Gasteiger partial charge in [-0.25, -0.2) is 17.4 Å². The van der Waals surface area contributed by atoms with E-state index in [1.165, 1.54) is 25.4 Å². The maximum Gasteiger partial charge on any atom is 0.269 e. The van der Waals surface area contributed by atoms with Crippen molar-refractivity contribution in [2.24, 2.45) is 0 Å². The van der Waals surface area contributed by atoms with Crippen molar-refractivity contribution in [2.75, 3.05) is 0 Å². The number of allylic oxidation sites excluding steroid dienone is 2. The van der Waals surface area contributed by atoms with Gasteiger partial charge in [-0.3, -0.25) is 10.1 Å². The molecule has 0 saturated carbocycles. The van der Waals surface area contributed by atoms with Gasteiger partial charge in [-0.05, 0) is 38.5 Å². The van der Waals surface area contributed by atoms with Crippen molar-refractivity contribution in [1.29, 1.82) is 0 Å². The minimum Gasteiger partial charge on any atom is -0.258 e. The van der Waals surface area contributed by atoms with Gasteiger partial charge in [0.05, 0.1) is 4.92 Å². The normalized spacial score (nSPS) is 21.8. The molecule has 0 radical (unpaired) electrons. The maximum atomic E-state index is 13.1. The van der Waals surface area contributed by atoms with Crippen molar-refractivity contribution in [1.82, 2.24) is 8.96 Å². The van der Waals surface area contributed by atoms with E-state index < -0.39 is 19.7 Å². The summed E-state index contributed by atoms with van der Waals surface area (Å²) >= 11 is 0. The molecule has 0 amide bonds. The molecular formula is C15H15N3O4S. The lowest BCUT2D eigenvalue weighted by Crippen LogP contribution is -2.39. The second kappa shape index (κ2) is 5.02.